The molecule has 1 N–H and O–H groups in total. The van der Waals surface area contributed by atoms with Gasteiger partial charge in [0.15, 0.2) is 10.7 Å². The van der Waals surface area contributed by atoms with Crippen LogP contribution in [-0.2, 0) is 14.8 Å². The Balaban J connectivity index is 1.45. The molecular weight excluding hydrogens is 489 g/mol. The number of nitrogens with zero attached hydrogens (tertiary/aromatic N) is 2. The number of carbonyl (C=O) groups excluding carboxylic acids is 1. The van der Waals surface area contributed by atoms with Gasteiger partial charge in [0.05, 0.1) is 0 Å². The standard InChI is InChI=1S/C25H26FN3O4S2/c1-17-24(23(33-28-17)11-10-18-6-3-4-9-22(18)26)35(31,32)29-14-12-19(13-15-29)25(30)27-20-7-5-8-21(16-20)34-2/h3-11,16,19H,12-15H2,1-2H3,(H,27,30)/b11-10+. The summed E-state index contributed by atoms with van der Waals surface area (Å²) < 4.78 is 47.4. The van der Waals surface area contributed by atoms with Gasteiger partial charge in [-0.2, -0.15) is 4.31 Å². The van der Waals surface area contributed by atoms with E-state index < -0.39 is 15.8 Å². The quantitative estimate of drug-likeness (QED) is 0.443. The van der Waals surface area contributed by atoms with E-state index in [0.29, 0.717) is 18.4 Å². The van der Waals surface area contributed by atoms with Crippen molar-refractivity contribution in [3.8, 4) is 0 Å². The fraction of sp³-hybridized carbons (Fsp3) is 0.280. The summed E-state index contributed by atoms with van der Waals surface area (Å²) in [5, 5.41) is 6.76. The highest BCUT2D eigenvalue weighted by Gasteiger charge is 2.36. The Morgan fingerprint density at radius 3 is 2.63 bits per heavy atom. The van der Waals surface area contributed by atoms with Crippen LogP contribution in [0, 0.1) is 18.7 Å². The van der Waals surface area contributed by atoms with Crippen molar-refractivity contribution < 1.29 is 22.1 Å². The lowest BCUT2D eigenvalue weighted by Gasteiger charge is -2.30. The molecule has 0 spiro atoms. The number of thioether (sulfide) groups is 1. The third-order valence-electron chi connectivity index (χ3n) is 5.91. The van der Waals surface area contributed by atoms with Crippen LogP contribution < -0.4 is 5.32 Å². The lowest BCUT2D eigenvalue weighted by Crippen LogP contribution is -2.41. The normalized spacial score (nSPS) is 15.5. The number of hydrogen-bond acceptors (Lipinski definition) is 6. The molecule has 35 heavy (non-hydrogen) atoms. The van der Waals surface area contributed by atoms with E-state index in [0.717, 1.165) is 10.6 Å². The van der Waals surface area contributed by atoms with E-state index in [4.69, 9.17) is 4.52 Å². The number of piperidine rings is 1. The van der Waals surface area contributed by atoms with E-state index >= 15 is 0 Å². The van der Waals surface area contributed by atoms with Crippen LogP contribution in [-0.4, -0.2) is 43.1 Å². The number of aryl methyl sites for hydroxylation is 1. The first-order chi connectivity index (χ1) is 16.8. The molecule has 0 bridgehead atoms. The highest BCUT2D eigenvalue weighted by atomic mass is 32.2. The Morgan fingerprint density at radius 1 is 1.17 bits per heavy atom. The number of carbonyl (C=O) groups is 1. The zero-order valence-electron chi connectivity index (χ0n) is 19.4. The van der Waals surface area contributed by atoms with Crippen molar-refractivity contribution in [2.24, 2.45) is 5.92 Å². The smallest absolute Gasteiger partial charge is 0.248 e. The van der Waals surface area contributed by atoms with Crippen LogP contribution in [0.3, 0.4) is 0 Å². The molecule has 0 radical (unpaired) electrons. The molecule has 0 unspecified atom stereocenters. The van der Waals surface area contributed by atoms with E-state index in [1.165, 1.54) is 22.5 Å². The third-order valence-corrected chi connectivity index (χ3v) is 8.70. The second-order valence-corrected chi connectivity index (χ2v) is 11.0. The predicted octanol–water partition coefficient (Wildman–Crippen LogP) is 5.05. The maximum absolute atomic E-state index is 13.9. The Morgan fingerprint density at radius 2 is 1.91 bits per heavy atom. The van der Waals surface area contributed by atoms with E-state index in [-0.39, 0.29) is 41.3 Å². The van der Waals surface area contributed by atoms with Gasteiger partial charge in [0, 0.05) is 35.2 Å². The summed E-state index contributed by atoms with van der Waals surface area (Å²) in [6, 6.07) is 13.8. The first-order valence-corrected chi connectivity index (χ1v) is 13.8. The van der Waals surface area contributed by atoms with Crippen LogP contribution in [0.2, 0.25) is 0 Å². The molecule has 4 rings (SSSR count). The molecule has 184 valence electrons. The number of sulfonamides is 1. The third kappa shape index (κ3) is 5.66. The number of nitrogens with one attached hydrogen (secondary N) is 1. The van der Waals surface area contributed by atoms with E-state index in [2.05, 4.69) is 10.5 Å². The van der Waals surface area contributed by atoms with E-state index in [9.17, 15) is 17.6 Å². The molecule has 0 atom stereocenters. The number of anilines is 1. The number of benzene rings is 2. The van der Waals surface area contributed by atoms with Crippen molar-refractivity contribution in [1.82, 2.24) is 9.46 Å². The van der Waals surface area contributed by atoms with Crippen LogP contribution in [0.5, 0.6) is 0 Å². The van der Waals surface area contributed by atoms with Crippen LogP contribution in [0.15, 0.2) is 62.8 Å². The largest absolute Gasteiger partial charge is 0.355 e. The molecule has 0 aliphatic carbocycles. The monoisotopic (exact) mass is 515 g/mol. The summed E-state index contributed by atoms with van der Waals surface area (Å²) in [6.07, 6.45) is 5.64. The number of rotatable bonds is 7. The average molecular weight is 516 g/mol. The molecule has 0 saturated carbocycles. The molecule has 1 aromatic heterocycles. The zero-order chi connectivity index (χ0) is 25.0. The minimum atomic E-state index is -3.91. The minimum absolute atomic E-state index is 0.0399. The van der Waals surface area contributed by atoms with Crippen LogP contribution >= 0.6 is 11.8 Å². The minimum Gasteiger partial charge on any atom is -0.355 e. The highest BCUT2D eigenvalue weighted by molar-refractivity contribution is 7.98. The summed E-state index contributed by atoms with van der Waals surface area (Å²) in [5.41, 5.74) is 1.26. The molecule has 1 saturated heterocycles. The SMILES string of the molecule is CSc1cccc(NC(=O)C2CCN(S(=O)(=O)c3c(C)noc3/C=C/c3ccccc3F)CC2)c1. The highest BCUT2D eigenvalue weighted by Crippen LogP contribution is 2.30. The second kappa shape index (κ2) is 10.8. The maximum Gasteiger partial charge on any atom is 0.248 e. The number of hydrogen-bond donors (Lipinski definition) is 1. The average Bonchev–Trinajstić information content (AvgIpc) is 3.24. The Bertz CT molecular complexity index is 1350. The molecule has 1 aliphatic heterocycles. The topological polar surface area (TPSA) is 92.5 Å². The van der Waals surface area contributed by atoms with Crippen LogP contribution in [0.25, 0.3) is 12.2 Å². The Kier molecular flexibility index (Phi) is 7.73. The van der Waals surface area contributed by atoms with Gasteiger partial charge in [-0.1, -0.05) is 29.4 Å². The summed E-state index contributed by atoms with van der Waals surface area (Å²) in [5.74, 6) is -0.789. The van der Waals surface area contributed by atoms with Gasteiger partial charge in [-0.15, -0.1) is 11.8 Å². The van der Waals surface area contributed by atoms with Gasteiger partial charge in [0.1, 0.15) is 11.5 Å². The number of aromatic nitrogens is 1. The predicted molar refractivity (Wildman–Crippen MR) is 135 cm³/mol. The molecule has 2 heterocycles. The van der Waals surface area contributed by atoms with Gasteiger partial charge in [-0.3, -0.25) is 4.79 Å². The molecule has 3 aromatic rings. The van der Waals surface area contributed by atoms with Gasteiger partial charge in [0.2, 0.25) is 15.9 Å². The molecule has 1 fully saturated rings. The molecule has 10 heteroatoms. The summed E-state index contributed by atoms with van der Waals surface area (Å²) >= 11 is 1.59. The second-order valence-electron chi connectivity index (χ2n) is 8.22. The van der Waals surface area contributed by atoms with Crippen LogP contribution in [0.4, 0.5) is 10.1 Å². The first kappa shape index (κ1) is 25.2. The Hall–Kier alpha value is -2.95. The molecule has 1 amide bonds. The zero-order valence-corrected chi connectivity index (χ0v) is 21.0. The van der Waals surface area contributed by atoms with E-state index in [1.807, 2.05) is 30.5 Å². The number of halogens is 1. The van der Waals surface area contributed by atoms with Gasteiger partial charge < -0.3 is 9.84 Å². The van der Waals surface area contributed by atoms with Gasteiger partial charge >= 0.3 is 0 Å². The van der Waals surface area contributed by atoms with Crippen molar-refractivity contribution in [3.05, 3.63) is 71.4 Å². The fourth-order valence-corrected chi connectivity index (χ4v) is 6.19. The van der Waals surface area contributed by atoms with Gasteiger partial charge in [-0.05, 0) is 62.4 Å². The molecular formula is C25H26FN3O4S2. The first-order valence-electron chi connectivity index (χ1n) is 11.1. The van der Waals surface area contributed by atoms with E-state index in [1.54, 1.807) is 36.9 Å². The van der Waals surface area contributed by atoms with Crippen LogP contribution in [0.1, 0.15) is 29.9 Å². The molecule has 2 aromatic carbocycles. The summed E-state index contributed by atoms with van der Waals surface area (Å²) in [7, 11) is -3.91. The van der Waals surface area contributed by atoms with Crippen molar-refractivity contribution >= 4 is 45.5 Å². The van der Waals surface area contributed by atoms with Crippen molar-refractivity contribution in [3.63, 3.8) is 0 Å². The maximum atomic E-state index is 13.9. The van der Waals surface area contributed by atoms with Gasteiger partial charge in [0.25, 0.3) is 0 Å². The summed E-state index contributed by atoms with van der Waals surface area (Å²) in [6.45, 7) is 1.96. The van der Waals surface area contributed by atoms with Gasteiger partial charge in [-0.25, -0.2) is 12.8 Å². The van der Waals surface area contributed by atoms with Crippen molar-refractivity contribution in [2.75, 3.05) is 24.7 Å². The summed E-state index contributed by atoms with van der Waals surface area (Å²) in [4.78, 5) is 13.8. The van der Waals surface area contributed by atoms with Crippen molar-refractivity contribution in [1.29, 1.82) is 0 Å². The lowest BCUT2D eigenvalue weighted by molar-refractivity contribution is -0.120. The van der Waals surface area contributed by atoms with Crippen molar-refractivity contribution in [2.45, 2.75) is 29.6 Å². The lowest BCUT2D eigenvalue weighted by atomic mass is 9.97. The number of amides is 1. The molecule has 7 nitrogen and oxygen atoms in total. The Labute approximate surface area is 208 Å². The molecule has 1 aliphatic rings. The fourth-order valence-electron chi connectivity index (χ4n) is 4.01.